The number of hydrogen-bond donors (Lipinski definition) is 2. The molecule has 0 unspecified atom stereocenters. The maximum absolute atomic E-state index is 11.2. The molecule has 0 aliphatic heterocycles. The number of rotatable bonds is 3. The molecule has 0 fully saturated rings. The van der Waals surface area contributed by atoms with Gasteiger partial charge in [0, 0.05) is 11.9 Å². The molecule has 7 nitrogen and oxygen atoms in total. The van der Waals surface area contributed by atoms with Crippen molar-refractivity contribution >= 4 is 17.7 Å². The molecular formula is C12H11N3O4S. The Labute approximate surface area is 117 Å². The molecule has 20 heavy (non-hydrogen) atoms. The number of aromatic amines is 1. The van der Waals surface area contributed by atoms with Crippen LogP contribution in [0.2, 0.25) is 0 Å². The number of H-pyrrole nitrogens is 1. The van der Waals surface area contributed by atoms with Gasteiger partial charge in [0.2, 0.25) is 0 Å². The zero-order chi connectivity index (χ0) is 14.9. The average Bonchev–Trinajstić information content (AvgIpc) is 2.35. The van der Waals surface area contributed by atoms with E-state index in [1.54, 1.807) is 26.1 Å². The lowest BCUT2D eigenvalue weighted by Crippen LogP contribution is -2.33. The first-order valence-electron chi connectivity index (χ1n) is 5.57. The Hall–Kier alpha value is -2.35. The first-order chi connectivity index (χ1) is 9.38. The van der Waals surface area contributed by atoms with Crippen LogP contribution in [0.1, 0.15) is 15.9 Å². The number of carbonyl (C=O) groups is 1. The summed E-state index contributed by atoms with van der Waals surface area (Å²) in [6, 6.07) is 4.80. The number of aromatic nitrogens is 3. The zero-order valence-corrected chi connectivity index (χ0v) is 11.5. The molecule has 0 radical (unpaired) electrons. The Balaban J connectivity index is 2.38. The molecule has 8 heteroatoms. The van der Waals surface area contributed by atoms with Gasteiger partial charge < -0.3 is 5.11 Å². The lowest BCUT2D eigenvalue weighted by atomic mass is 10.1. The van der Waals surface area contributed by atoms with Crippen molar-refractivity contribution in [1.29, 1.82) is 0 Å². The molecule has 0 aliphatic rings. The molecule has 0 saturated carbocycles. The maximum atomic E-state index is 11.2. The van der Waals surface area contributed by atoms with E-state index in [0.717, 1.165) is 16.7 Å². The second-order valence-corrected chi connectivity index (χ2v) is 5.12. The minimum absolute atomic E-state index is 0.220. The minimum Gasteiger partial charge on any atom is -0.478 e. The van der Waals surface area contributed by atoms with Crippen molar-refractivity contribution in [3.63, 3.8) is 0 Å². The van der Waals surface area contributed by atoms with E-state index in [0.29, 0.717) is 10.7 Å². The quantitative estimate of drug-likeness (QED) is 0.804. The number of aryl methyl sites for hydroxylation is 2. The maximum Gasteiger partial charge on any atom is 0.339 e. The van der Waals surface area contributed by atoms with Gasteiger partial charge in [-0.15, -0.1) is 0 Å². The monoisotopic (exact) mass is 293 g/mol. The summed E-state index contributed by atoms with van der Waals surface area (Å²) in [5, 5.41) is 11.6. The molecule has 0 amide bonds. The van der Waals surface area contributed by atoms with E-state index >= 15 is 0 Å². The Bertz CT molecular complexity index is 794. The van der Waals surface area contributed by atoms with Crippen molar-refractivity contribution in [2.75, 3.05) is 0 Å². The normalized spacial score (nSPS) is 10.5. The summed E-state index contributed by atoms with van der Waals surface area (Å²) in [4.78, 5) is 37.6. The van der Waals surface area contributed by atoms with Crippen molar-refractivity contribution in [3.05, 3.63) is 50.0 Å². The van der Waals surface area contributed by atoms with Crippen LogP contribution >= 0.6 is 11.8 Å². The number of nitrogens with zero attached hydrogens (tertiary/aromatic N) is 2. The Morgan fingerprint density at radius 1 is 1.40 bits per heavy atom. The fourth-order valence-electron chi connectivity index (χ4n) is 1.60. The molecule has 0 spiro atoms. The summed E-state index contributed by atoms with van der Waals surface area (Å²) in [6.07, 6.45) is 0. The second kappa shape index (κ2) is 5.33. The fourth-order valence-corrected chi connectivity index (χ4v) is 2.49. The van der Waals surface area contributed by atoms with Crippen molar-refractivity contribution in [2.24, 2.45) is 7.05 Å². The number of hydrogen-bond acceptors (Lipinski definition) is 5. The Morgan fingerprint density at radius 2 is 2.10 bits per heavy atom. The molecule has 2 N–H and O–H groups in total. The molecule has 0 aliphatic carbocycles. The van der Waals surface area contributed by atoms with Crippen LogP contribution in [0.4, 0.5) is 0 Å². The third-order valence-corrected chi connectivity index (χ3v) is 3.62. The Kier molecular flexibility index (Phi) is 3.75. The van der Waals surface area contributed by atoms with Crippen molar-refractivity contribution in [1.82, 2.24) is 14.8 Å². The molecule has 1 heterocycles. The van der Waals surface area contributed by atoms with Gasteiger partial charge in [0.25, 0.3) is 0 Å². The van der Waals surface area contributed by atoms with Crippen LogP contribution in [0.15, 0.2) is 37.8 Å². The zero-order valence-electron chi connectivity index (χ0n) is 10.7. The van der Waals surface area contributed by atoms with Gasteiger partial charge in [-0.1, -0.05) is 11.8 Å². The third kappa shape index (κ3) is 2.80. The van der Waals surface area contributed by atoms with Crippen molar-refractivity contribution < 1.29 is 9.90 Å². The molecule has 0 bridgehead atoms. The topological polar surface area (TPSA) is 105 Å². The van der Waals surface area contributed by atoms with Crippen LogP contribution in [0.25, 0.3) is 0 Å². The Morgan fingerprint density at radius 3 is 2.70 bits per heavy atom. The van der Waals surface area contributed by atoms with Crippen molar-refractivity contribution in [3.8, 4) is 0 Å². The first-order valence-corrected chi connectivity index (χ1v) is 6.39. The number of benzene rings is 1. The molecule has 1 aromatic heterocycles. The van der Waals surface area contributed by atoms with Crippen LogP contribution in [0.5, 0.6) is 0 Å². The number of nitrogens with one attached hydrogen (secondary N) is 1. The van der Waals surface area contributed by atoms with E-state index in [2.05, 4.69) is 10.1 Å². The highest BCUT2D eigenvalue weighted by Gasteiger charge is 2.10. The third-order valence-electron chi connectivity index (χ3n) is 2.59. The van der Waals surface area contributed by atoms with Crippen LogP contribution in [0.3, 0.4) is 0 Å². The number of aromatic carboxylic acids is 1. The highest BCUT2D eigenvalue weighted by Crippen LogP contribution is 2.26. The predicted molar refractivity (Wildman–Crippen MR) is 72.4 cm³/mol. The van der Waals surface area contributed by atoms with Gasteiger partial charge in [-0.05, 0) is 30.7 Å². The van der Waals surface area contributed by atoms with E-state index < -0.39 is 17.1 Å². The summed E-state index contributed by atoms with van der Waals surface area (Å²) in [6.45, 7) is 1.69. The molecule has 0 saturated heterocycles. The van der Waals surface area contributed by atoms with E-state index in [-0.39, 0.29) is 5.56 Å². The number of carboxylic acids is 1. The first kappa shape index (κ1) is 14.1. The molecule has 1 aromatic carbocycles. The van der Waals surface area contributed by atoms with Gasteiger partial charge in [0.1, 0.15) is 0 Å². The highest BCUT2D eigenvalue weighted by molar-refractivity contribution is 7.99. The van der Waals surface area contributed by atoms with Gasteiger partial charge >= 0.3 is 17.1 Å². The fraction of sp³-hybridized carbons (Fsp3) is 0.167. The smallest absolute Gasteiger partial charge is 0.339 e. The number of carboxylic acid groups (broad SMARTS) is 1. The summed E-state index contributed by atoms with van der Waals surface area (Å²) in [5.74, 6) is -0.992. The molecule has 2 aromatic rings. The molecule has 0 atom stereocenters. The van der Waals surface area contributed by atoms with E-state index in [9.17, 15) is 14.4 Å². The molecular weight excluding hydrogens is 282 g/mol. The summed E-state index contributed by atoms with van der Waals surface area (Å²) >= 11 is 1.16. The summed E-state index contributed by atoms with van der Waals surface area (Å²) in [7, 11) is 1.56. The van der Waals surface area contributed by atoms with Gasteiger partial charge in [-0.2, -0.15) is 4.98 Å². The van der Waals surface area contributed by atoms with Gasteiger partial charge in [-0.3, -0.25) is 19.4 Å². The van der Waals surface area contributed by atoms with Crippen molar-refractivity contribution in [2.45, 2.75) is 17.0 Å². The lowest BCUT2D eigenvalue weighted by molar-refractivity contribution is 0.0696. The summed E-state index contributed by atoms with van der Waals surface area (Å²) < 4.78 is 1.34. The molecule has 2 rings (SSSR count). The lowest BCUT2D eigenvalue weighted by Gasteiger charge is -2.07. The largest absolute Gasteiger partial charge is 0.478 e. The molecule has 104 valence electrons. The van der Waals surface area contributed by atoms with E-state index in [1.165, 1.54) is 10.7 Å². The van der Waals surface area contributed by atoms with Gasteiger partial charge in [-0.25, -0.2) is 4.79 Å². The minimum atomic E-state index is -0.992. The SMILES string of the molecule is Cc1cc(Sc2nc(=O)c(=O)[nH]n2C)ccc1C(=O)O. The van der Waals surface area contributed by atoms with E-state index in [4.69, 9.17) is 5.11 Å². The second-order valence-electron chi connectivity index (χ2n) is 4.08. The van der Waals surface area contributed by atoms with Gasteiger partial charge in [0.05, 0.1) is 5.56 Å². The van der Waals surface area contributed by atoms with Gasteiger partial charge in [0.15, 0.2) is 5.16 Å². The predicted octanol–water partition coefficient (Wildman–Crippen LogP) is 0.626. The van der Waals surface area contributed by atoms with Crippen LogP contribution in [-0.2, 0) is 7.05 Å². The van der Waals surface area contributed by atoms with Crippen LogP contribution in [0, 0.1) is 6.92 Å². The van der Waals surface area contributed by atoms with Crippen LogP contribution < -0.4 is 11.1 Å². The van der Waals surface area contributed by atoms with E-state index in [1.807, 2.05) is 0 Å². The summed E-state index contributed by atoms with van der Waals surface area (Å²) in [5.41, 5.74) is -0.812. The highest BCUT2D eigenvalue weighted by atomic mass is 32.2. The van der Waals surface area contributed by atoms with Crippen LogP contribution in [-0.4, -0.2) is 25.8 Å². The standard InChI is InChI=1S/C12H11N3O4S/c1-6-5-7(3-4-8(6)11(18)19)20-12-13-9(16)10(17)14-15(12)2/h3-5H,1-2H3,(H,14,17)(H,18,19). The average molecular weight is 293 g/mol.